The molecule has 0 radical (unpaired) electrons. The summed E-state index contributed by atoms with van der Waals surface area (Å²) in [5.41, 5.74) is 2.18. The zero-order chi connectivity index (χ0) is 25.8. The summed E-state index contributed by atoms with van der Waals surface area (Å²) in [7, 11) is 1.91. The number of aryl methyl sites for hydroxylation is 1. The molecule has 5 nitrogen and oxygen atoms in total. The summed E-state index contributed by atoms with van der Waals surface area (Å²) in [5, 5.41) is 0. The lowest BCUT2D eigenvalue weighted by atomic mass is 9.85. The van der Waals surface area contributed by atoms with Crippen LogP contribution in [0.2, 0.25) is 0 Å². The van der Waals surface area contributed by atoms with Gasteiger partial charge < -0.3 is 28.7 Å². The van der Waals surface area contributed by atoms with Gasteiger partial charge in [-0.25, -0.2) is 4.57 Å². The molecule has 0 bridgehead atoms. The van der Waals surface area contributed by atoms with Crippen LogP contribution in [-0.4, -0.2) is 23.3 Å². The van der Waals surface area contributed by atoms with Crippen molar-refractivity contribution in [2.24, 2.45) is 7.05 Å². The number of imide groups is 1. The number of rotatable bonds is 13. The van der Waals surface area contributed by atoms with Gasteiger partial charge in [0.25, 0.3) is 5.91 Å². The van der Waals surface area contributed by atoms with Crippen LogP contribution in [-0.2, 0) is 23.8 Å². The maximum Gasteiger partial charge on any atom is 0.260 e. The highest BCUT2D eigenvalue weighted by Gasteiger charge is 2.26. The quantitative estimate of drug-likeness (QED) is 0.199. The van der Waals surface area contributed by atoms with Gasteiger partial charge in [0.2, 0.25) is 11.6 Å². The summed E-state index contributed by atoms with van der Waals surface area (Å²) in [6.45, 7) is 10.9. The number of benzene rings is 1. The minimum Gasteiger partial charge on any atom is -1.00 e. The lowest BCUT2D eigenvalue weighted by Crippen LogP contribution is -3.00. The van der Waals surface area contributed by atoms with Crippen molar-refractivity contribution in [3.63, 3.8) is 0 Å². The van der Waals surface area contributed by atoms with Crippen LogP contribution in [0.25, 0.3) is 0 Å². The average molecular weight is 609 g/mol. The lowest BCUT2D eigenvalue weighted by molar-refractivity contribution is -0.679. The number of carbonyl (C=O) groups excluding carboxylic acids is 2. The van der Waals surface area contributed by atoms with Crippen LogP contribution < -0.4 is 33.3 Å². The van der Waals surface area contributed by atoms with Gasteiger partial charge in [-0.2, -0.15) is 0 Å². The number of unbranched alkanes of at least 4 members (excludes halogenated alkanes) is 7. The highest BCUT2D eigenvalue weighted by atomic mass is 127. The van der Waals surface area contributed by atoms with E-state index in [9.17, 15) is 9.59 Å². The normalized spacial score (nSPS) is 11.1. The first kappa shape index (κ1) is 32.1. The van der Waals surface area contributed by atoms with Crippen molar-refractivity contribution in [1.82, 2.24) is 4.90 Å². The molecule has 0 atom stereocenters. The summed E-state index contributed by atoms with van der Waals surface area (Å²) < 4.78 is 8.09. The number of hydrogen-bond donors (Lipinski definition) is 0. The van der Waals surface area contributed by atoms with E-state index < -0.39 is 0 Å². The third-order valence-electron chi connectivity index (χ3n) is 6.40. The molecule has 6 heteroatoms. The molecule has 36 heavy (non-hydrogen) atoms. The first-order valence-corrected chi connectivity index (χ1v) is 13.2. The second-order valence-corrected chi connectivity index (χ2v) is 10.5. The predicted molar refractivity (Wildman–Crippen MR) is 141 cm³/mol. The maximum absolute atomic E-state index is 13.4. The third kappa shape index (κ3) is 10.2. The van der Waals surface area contributed by atoms with E-state index in [1.807, 2.05) is 48.1 Å². The zero-order valence-electron chi connectivity index (χ0n) is 23.1. The largest absolute Gasteiger partial charge is 1.00 e. The van der Waals surface area contributed by atoms with Crippen LogP contribution in [0.5, 0.6) is 5.75 Å². The van der Waals surface area contributed by atoms with Crippen LogP contribution >= 0.6 is 0 Å². The van der Waals surface area contributed by atoms with E-state index in [0.29, 0.717) is 12.2 Å². The van der Waals surface area contributed by atoms with Crippen LogP contribution in [0, 0.1) is 0 Å². The zero-order valence-corrected chi connectivity index (χ0v) is 25.3. The number of halogens is 1. The molecular formula is C30H45IN2O3. The Morgan fingerprint density at radius 3 is 2.17 bits per heavy atom. The topological polar surface area (TPSA) is 50.5 Å². The second kappa shape index (κ2) is 16.0. The van der Waals surface area contributed by atoms with Gasteiger partial charge in [0, 0.05) is 30.2 Å². The highest BCUT2D eigenvalue weighted by molar-refractivity contribution is 6.04. The third-order valence-corrected chi connectivity index (χ3v) is 6.40. The summed E-state index contributed by atoms with van der Waals surface area (Å²) >= 11 is 0. The molecule has 0 saturated heterocycles. The fraction of sp³-hybridized carbons (Fsp3) is 0.567. The Kier molecular flexibility index (Phi) is 14.3. The van der Waals surface area contributed by atoms with E-state index in [1.165, 1.54) is 56.8 Å². The second-order valence-electron chi connectivity index (χ2n) is 10.5. The Balaban J connectivity index is 0.00000648. The molecule has 0 spiro atoms. The van der Waals surface area contributed by atoms with Crippen molar-refractivity contribution in [3.05, 3.63) is 59.4 Å². The Bertz CT molecular complexity index is 969. The fourth-order valence-corrected chi connectivity index (χ4v) is 4.16. The van der Waals surface area contributed by atoms with Gasteiger partial charge >= 0.3 is 0 Å². The van der Waals surface area contributed by atoms with Gasteiger partial charge in [-0.05, 0) is 30.0 Å². The van der Waals surface area contributed by atoms with Crippen molar-refractivity contribution in [2.45, 2.75) is 97.9 Å². The average Bonchev–Trinajstić information content (AvgIpc) is 2.81. The molecule has 0 saturated carbocycles. The molecule has 1 heterocycles. The van der Waals surface area contributed by atoms with Crippen LogP contribution in [0.1, 0.15) is 108 Å². The van der Waals surface area contributed by atoms with Crippen molar-refractivity contribution in [1.29, 1.82) is 0 Å². The molecule has 1 aromatic heterocycles. The SMILES string of the molecule is CCCCCCCCCCOc1ccc(C(=O)N(Cc2cccc[n+]2C)C(C)=O)cc1C(C)(C)C.[I-]. The fourth-order valence-electron chi connectivity index (χ4n) is 4.16. The van der Waals surface area contributed by atoms with Crippen LogP contribution in [0.4, 0.5) is 0 Å². The first-order chi connectivity index (χ1) is 16.6. The maximum atomic E-state index is 13.4. The number of amides is 2. The van der Waals surface area contributed by atoms with Gasteiger partial charge in [-0.1, -0.05) is 78.7 Å². The van der Waals surface area contributed by atoms with E-state index >= 15 is 0 Å². The van der Waals surface area contributed by atoms with Gasteiger partial charge in [-0.3, -0.25) is 14.5 Å². The van der Waals surface area contributed by atoms with E-state index in [2.05, 4.69) is 27.7 Å². The molecule has 0 aliphatic rings. The van der Waals surface area contributed by atoms with E-state index in [1.54, 1.807) is 6.07 Å². The molecule has 2 aromatic rings. The number of ether oxygens (including phenoxy) is 1. The predicted octanol–water partition coefficient (Wildman–Crippen LogP) is 3.52. The molecule has 0 aliphatic heterocycles. The van der Waals surface area contributed by atoms with E-state index in [4.69, 9.17) is 4.74 Å². The summed E-state index contributed by atoms with van der Waals surface area (Å²) in [6, 6.07) is 11.3. The number of carbonyl (C=O) groups is 2. The summed E-state index contributed by atoms with van der Waals surface area (Å²) in [4.78, 5) is 27.1. The van der Waals surface area contributed by atoms with Crippen molar-refractivity contribution >= 4 is 11.8 Å². The van der Waals surface area contributed by atoms with Gasteiger partial charge in [0.1, 0.15) is 19.3 Å². The monoisotopic (exact) mass is 608 g/mol. The Labute approximate surface area is 235 Å². The molecule has 2 rings (SSSR count). The summed E-state index contributed by atoms with van der Waals surface area (Å²) in [6.07, 6.45) is 12.0. The van der Waals surface area contributed by atoms with E-state index in [-0.39, 0.29) is 47.8 Å². The van der Waals surface area contributed by atoms with E-state index in [0.717, 1.165) is 23.4 Å². The van der Waals surface area contributed by atoms with Crippen molar-refractivity contribution < 1.29 is 42.9 Å². The van der Waals surface area contributed by atoms with Crippen LogP contribution in [0.15, 0.2) is 42.6 Å². The smallest absolute Gasteiger partial charge is 0.260 e. The standard InChI is InChI=1S/C30H45N2O3.HI/c1-7-8-9-10-11-12-13-16-21-35-28-19-18-25(22-27(28)30(3,4)5)29(34)32(24(2)33)23-26-17-14-15-20-31(26)6;/h14-15,17-20,22H,7-13,16,21,23H2,1-6H3;1H/q+1;/p-1. The Morgan fingerprint density at radius 2 is 1.58 bits per heavy atom. The van der Waals surface area contributed by atoms with Crippen molar-refractivity contribution in [2.75, 3.05) is 6.61 Å². The Morgan fingerprint density at radius 1 is 0.944 bits per heavy atom. The molecule has 0 N–H and O–H groups in total. The molecule has 1 aromatic carbocycles. The summed E-state index contributed by atoms with van der Waals surface area (Å²) in [5.74, 6) is 0.258. The minimum atomic E-state index is -0.290. The number of aromatic nitrogens is 1. The van der Waals surface area contributed by atoms with Crippen LogP contribution in [0.3, 0.4) is 0 Å². The van der Waals surface area contributed by atoms with Crippen molar-refractivity contribution in [3.8, 4) is 5.75 Å². The molecule has 0 unspecified atom stereocenters. The highest BCUT2D eigenvalue weighted by Crippen LogP contribution is 2.33. The Hall–Kier alpha value is -1.96. The molecule has 0 aliphatic carbocycles. The van der Waals surface area contributed by atoms with Gasteiger partial charge in [-0.15, -0.1) is 0 Å². The first-order valence-electron chi connectivity index (χ1n) is 13.2. The molecular weight excluding hydrogens is 563 g/mol. The van der Waals surface area contributed by atoms with Gasteiger partial charge in [0.15, 0.2) is 6.20 Å². The minimum absolute atomic E-state index is 0. The lowest BCUT2D eigenvalue weighted by Gasteiger charge is -2.25. The number of hydrogen-bond acceptors (Lipinski definition) is 3. The van der Waals surface area contributed by atoms with Gasteiger partial charge in [0.05, 0.1) is 6.61 Å². The molecule has 200 valence electrons. The molecule has 0 fully saturated rings. The molecule has 2 amide bonds. The number of pyridine rings is 1. The number of nitrogens with zero attached hydrogens (tertiary/aromatic N) is 2.